The molecule has 0 aliphatic rings. The highest BCUT2D eigenvalue weighted by Crippen LogP contribution is 2.21. The Morgan fingerprint density at radius 1 is 0.941 bits per heavy atom. The van der Waals surface area contributed by atoms with Gasteiger partial charge < -0.3 is 0 Å². The van der Waals surface area contributed by atoms with E-state index in [1.807, 2.05) is 0 Å². The lowest BCUT2D eigenvalue weighted by molar-refractivity contribution is 1.00. The molecule has 0 aliphatic carbocycles. The minimum absolute atomic E-state index is 1.04. The predicted molar refractivity (Wildman–Crippen MR) is 81.1 cm³/mol. The van der Waals surface area contributed by atoms with Gasteiger partial charge in [0.25, 0.3) is 0 Å². The lowest BCUT2D eigenvalue weighted by atomic mass is 10.1. The molecule has 0 saturated carbocycles. The van der Waals surface area contributed by atoms with Gasteiger partial charge >= 0.3 is 0 Å². The molecule has 0 radical (unpaired) electrons. The molecule has 0 aliphatic heterocycles. The molecule has 0 heterocycles. The van der Waals surface area contributed by atoms with Gasteiger partial charge in [-0.2, -0.15) is 0 Å². The van der Waals surface area contributed by atoms with Crippen molar-refractivity contribution >= 4 is 8.07 Å². The first-order chi connectivity index (χ1) is 8.26. The summed E-state index contributed by atoms with van der Waals surface area (Å²) in [5.74, 6) is 0. The number of rotatable bonds is 7. The molecule has 0 nitrogen and oxygen atoms in total. The van der Waals surface area contributed by atoms with Gasteiger partial charge in [0.05, 0.1) is 8.07 Å². The molecular formula is C16H26Si. The summed E-state index contributed by atoms with van der Waals surface area (Å²) in [5.41, 5.74) is 4.05. The van der Waals surface area contributed by atoms with Crippen molar-refractivity contribution in [3.05, 3.63) is 47.7 Å². The summed E-state index contributed by atoms with van der Waals surface area (Å²) in [6.45, 7) is 7.09. The molecule has 1 aromatic carbocycles. The number of aryl methyl sites for hydroxylation is 1. The number of benzene rings is 1. The first-order valence-electron chi connectivity index (χ1n) is 6.98. The number of hydrogen-bond acceptors (Lipinski definition) is 0. The van der Waals surface area contributed by atoms with Crippen LogP contribution in [0.3, 0.4) is 0 Å². The molecule has 0 N–H and O–H groups in total. The summed E-state index contributed by atoms with van der Waals surface area (Å²) in [6.07, 6.45) is 4.81. The van der Waals surface area contributed by atoms with Gasteiger partial charge in [-0.05, 0) is 18.4 Å². The van der Waals surface area contributed by atoms with Crippen molar-refractivity contribution in [2.45, 2.75) is 51.7 Å². The second kappa shape index (κ2) is 7.49. The lowest BCUT2D eigenvalue weighted by Gasteiger charge is -2.23. The van der Waals surface area contributed by atoms with Crippen LogP contribution in [0.2, 0.25) is 18.1 Å². The highest BCUT2D eigenvalue weighted by Gasteiger charge is 2.22. The molecule has 0 aromatic heterocycles. The van der Waals surface area contributed by atoms with E-state index in [2.05, 4.69) is 62.9 Å². The average Bonchev–Trinajstić information content (AvgIpc) is 2.41. The Bertz CT molecular complexity index is 314. The van der Waals surface area contributed by atoms with Crippen molar-refractivity contribution in [2.24, 2.45) is 0 Å². The van der Waals surface area contributed by atoms with Crippen LogP contribution in [0.4, 0.5) is 0 Å². The third kappa shape index (κ3) is 4.51. The molecule has 0 amide bonds. The van der Waals surface area contributed by atoms with E-state index >= 15 is 0 Å². The first-order valence-corrected chi connectivity index (χ1v) is 9.68. The summed E-state index contributed by atoms with van der Waals surface area (Å²) in [4.78, 5) is 0. The zero-order chi connectivity index (χ0) is 12.6. The Morgan fingerprint density at radius 2 is 1.53 bits per heavy atom. The van der Waals surface area contributed by atoms with Crippen molar-refractivity contribution in [3.63, 3.8) is 0 Å². The molecule has 0 spiro atoms. The Kier molecular flexibility index (Phi) is 6.28. The van der Waals surface area contributed by atoms with E-state index in [9.17, 15) is 0 Å². The highest BCUT2D eigenvalue weighted by atomic mass is 28.3. The van der Waals surface area contributed by atoms with E-state index in [4.69, 9.17) is 0 Å². The maximum atomic E-state index is 2.59. The van der Waals surface area contributed by atoms with Gasteiger partial charge in [-0.1, -0.05) is 81.0 Å². The number of allylic oxidation sites excluding steroid dienone is 1. The Morgan fingerprint density at radius 3 is 2.06 bits per heavy atom. The maximum Gasteiger partial charge on any atom is 0.0766 e. The quantitative estimate of drug-likeness (QED) is 0.578. The summed E-state index contributed by atoms with van der Waals surface area (Å²) in [6, 6.07) is 15.0. The van der Waals surface area contributed by atoms with Gasteiger partial charge in [-0.25, -0.2) is 0 Å². The van der Waals surface area contributed by atoms with Gasteiger partial charge in [-0.15, -0.1) is 0 Å². The summed E-state index contributed by atoms with van der Waals surface area (Å²) in [5, 5.41) is 0. The maximum absolute atomic E-state index is 2.59. The molecule has 0 saturated heterocycles. The zero-order valence-electron chi connectivity index (χ0n) is 11.6. The van der Waals surface area contributed by atoms with Crippen molar-refractivity contribution in [1.29, 1.82) is 0 Å². The normalized spacial score (nSPS) is 12.2. The van der Waals surface area contributed by atoms with Gasteiger partial charge in [0.2, 0.25) is 0 Å². The van der Waals surface area contributed by atoms with Crippen LogP contribution in [0.15, 0.2) is 42.1 Å². The monoisotopic (exact) mass is 246 g/mol. The Labute approximate surface area is 108 Å². The fourth-order valence-electron chi connectivity index (χ4n) is 2.33. The van der Waals surface area contributed by atoms with Crippen LogP contribution in [-0.4, -0.2) is 8.07 Å². The summed E-state index contributed by atoms with van der Waals surface area (Å²) < 4.78 is 0. The van der Waals surface area contributed by atoms with Crippen molar-refractivity contribution in [2.75, 3.05) is 0 Å². The molecule has 0 unspecified atom stereocenters. The van der Waals surface area contributed by atoms with Crippen molar-refractivity contribution in [3.8, 4) is 0 Å². The van der Waals surface area contributed by atoms with Crippen LogP contribution in [-0.2, 0) is 6.42 Å². The van der Waals surface area contributed by atoms with Crippen LogP contribution in [0.5, 0.6) is 0 Å². The van der Waals surface area contributed by atoms with E-state index in [0.717, 1.165) is 0 Å². The Balaban J connectivity index is 2.44. The third-order valence-corrected chi connectivity index (χ3v) is 9.19. The van der Waals surface area contributed by atoms with E-state index in [1.165, 1.54) is 36.5 Å². The van der Waals surface area contributed by atoms with Crippen LogP contribution in [0.25, 0.3) is 0 Å². The van der Waals surface area contributed by atoms with E-state index in [1.54, 1.807) is 0 Å². The van der Waals surface area contributed by atoms with Gasteiger partial charge in [0.1, 0.15) is 0 Å². The van der Waals surface area contributed by atoms with Crippen LogP contribution in [0.1, 0.15) is 32.8 Å². The first kappa shape index (κ1) is 14.2. The molecular weight excluding hydrogens is 220 g/mol. The molecule has 0 fully saturated rings. The highest BCUT2D eigenvalue weighted by molar-refractivity contribution is 6.84. The topological polar surface area (TPSA) is 0 Å². The smallest absolute Gasteiger partial charge is 0.0766 e. The summed E-state index contributed by atoms with van der Waals surface area (Å²) in [7, 11) is -1.04. The van der Waals surface area contributed by atoms with Gasteiger partial charge in [0.15, 0.2) is 0 Å². The number of hydrogen-bond donors (Lipinski definition) is 0. The second-order valence-electron chi connectivity index (χ2n) is 4.85. The molecule has 1 heteroatoms. The molecule has 94 valence electrons. The zero-order valence-corrected chi connectivity index (χ0v) is 12.6. The molecule has 0 bridgehead atoms. The van der Waals surface area contributed by atoms with Crippen LogP contribution < -0.4 is 0 Å². The minimum Gasteiger partial charge on any atom is -0.0981 e. The molecule has 0 atom stereocenters. The van der Waals surface area contributed by atoms with E-state index in [0.29, 0.717) is 0 Å². The van der Waals surface area contributed by atoms with Crippen LogP contribution >= 0.6 is 0 Å². The Hall–Kier alpha value is -0.823. The van der Waals surface area contributed by atoms with E-state index < -0.39 is 8.07 Å². The van der Waals surface area contributed by atoms with Crippen LogP contribution in [0, 0.1) is 0 Å². The molecule has 1 rings (SSSR count). The second-order valence-corrected chi connectivity index (χ2v) is 10.0. The molecule has 17 heavy (non-hydrogen) atoms. The van der Waals surface area contributed by atoms with Gasteiger partial charge in [-0.3, -0.25) is 0 Å². The van der Waals surface area contributed by atoms with E-state index in [-0.39, 0.29) is 0 Å². The fraction of sp³-hybridized carbons (Fsp3) is 0.500. The largest absolute Gasteiger partial charge is 0.0981 e. The fourth-order valence-corrected chi connectivity index (χ4v) is 5.21. The van der Waals surface area contributed by atoms with Crippen molar-refractivity contribution < 1.29 is 0 Å². The van der Waals surface area contributed by atoms with Gasteiger partial charge in [0, 0.05) is 0 Å². The lowest BCUT2D eigenvalue weighted by Crippen LogP contribution is -2.28. The average molecular weight is 246 g/mol. The van der Waals surface area contributed by atoms with Crippen molar-refractivity contribution in [1.82, 2.24) is 0 Å². The third-order valence-electron chi connectivity index (χ3n) is 4.03. The minimum atomic E-state index is -1.04. The SMILES string of the molecule is CC[Si](C=CCCc1ccccc1)(CC)CC. The molecule has 1 aromatic rings. The summed E-state index contributed by atoms with van der Waals surface area (Å²) >= 11 is 0. The standard InChI is InChI=1S/C16H26Si/c1-4-17(5-2,6-3)15-11-10-14-16-12-8-7-9-13-16/h7-9,11-13,15H,4-6,10,14H2,1-3H3. The predicted octanol–water partition coefficient (Wildman–Crippen LogP) is 5.22.